The van der Waals surface area contributed by atoms with Crippen LogP contribution in [0.15, 0.2) is 0 Å². The normalized spacial score (nSPS) is 37.1. The highest BCUT2D eigenvalue weighted by Crippen LogP contribution is 2.21. The van der Waals surface area contributed by atoms with Gasteiger partial charge in [-0.05, 0) is 19.9 Å². The number of aliphatic hydroxyl groups is 1. The van der Waals surface area contributed by atoms with E-state index in [9.17, 15) is 5.11 Å². The third kappa shape index (κ3) is 2.08. The van der Waals surface area contributed by atoms with E-state index in [1.807, 2.05) is 6.92 Å². The van der Waals surface area contributed by atoms with Gasteiger partial charge in [-0.3, -0.25) is 4.90 Å². The maximum Gasteiger partial charge on any atom is 0.0867 e. The van der Waals surface area contributed by atoms with E-state index in [2.05, 4.69) is 9.80 Å². The molecule has 2 bridgehead atoms. The van der Waals surface area contributed by atoms with E-state index in [0.717, 1.165) is 19.6 Å². The van der Waals surface area contributed by atoms with E-state index in [-0.39, 0.29) is 0 Å². The molecular weight excluding hydrogens is 178 g/mol. The number of hydrogen-bond acceptors (Lipinski definition) is 4. The molecule has 2 saturated heterocycles. The maximum atomic E-state index is 9.92. The molecule has 0 amide bonds. The van der Waals surface area contributed by atoms with Crippen LogP contribution in [0, 0.1) is 0 Å². The number of hydrogen-bond donors (Lipinski definition) is 2. The Morgan fingerprint density at radius 2 is 2.21 bits per heavy atom. The van der Waals surface area contributed by atoms with E-state index in [1.165, 1.54) is 19.5 Å². The lowest BCUT2D eigenvalue weighted by molar-refractivity contribution is 0.00370. The van der Waals surface area contributed by atoms with Crippen molar-refractivity contribution in [1.29, 1.82) is 0 Å². The lowest BCUT2D eigenvalue weighted by Gasteiger charge is -2.38. The first-order valence-corrected chi connectivity index (χ1v) is 5.49. The number of piperazine rings is 1. The molecule has 14 heavy (non-hydrogen) atoms. The van der Waals surface area contributed by atoms with Gasteiger partial charge in [-0.25, -0.2) is 0 Å². The van der Waals surface area contributed by atoms with Gasteiger partial charge < -0.3 is 15.7 Å². The molecule has 2 aliphatic heterocycles. The van der Waals surface area contributed by atoms with Gasteiger partial charge in [-0.2, -0.15) is 0 Å². The first-order valence-electron chi connectivity index (χ1n) is 5.49. The molecule has 2 fully saturated rings. The molecule has 0 spiro atoms. The molecular formula is C10H21N3O. The van der Waals surface area contributed by atoms with Crippen LogP contribution in [0.25, 0.3) is 0 Å². The predicted molar refractivity (Wildman–Crippen MR) is 56.1 cm³/mol. The number of rotatable bonds is 3. The average molecular weight is 199 g/mol. The summed E-state index contributed by atoms with van der Waals surface area (Å²) in [5.41, 5.74) is 4.82. The summed E-state index contributed by atoms with van der Waals surface area (Å²) >= 11 is 0. The summed E-state index contributed by atoms with van der Waals surface area (Å²) in [6.07, 6.45) is 1.25. The lowest BCUT2D eigenvalue weighted by atomic mass is 10.0. The van der Waals surface area contributed by atoms with Crippen LogP contribution in [0.4, 0.5) is 0 Å². The molecule has 0 saturated carbocycles. The number of fused-ring (bicyclic) bond motifs is 2. The highest BCUT2D eigenvalue weighted by atomic mass is 16.3. The smallest absolute Gasteiger partial charge is 0.0867 e. The highest BCUT2D eigenvalue weighted by molar-refractivity contribution is 4.92. The summed E-state index contributed by atoms with van der Waals surface area (Å²) < 4.78 is 0. The molecule has 2 rings (SSSR count). The Morgan fingerprint density at radius 1 is 1.43 bits per heavy atom. The Morgan fingerprint density at radius 3 is 2.93 bits per heavy atom. The Bertz CT molecular complexity index is 208. The van der Waals surface area contributed by atoms with Gasteiger partial charge in [0.1, 0.15) is 0 Å². The SMILES string of the molecule is CC(O)(CN)CN1CCN2CCC1C2. The van der Waals surface area contributed by atoms with Crippen LogP contribution >= 0.6 is 0 Å². The van der Waals surface area contributed by atoms with E-state index in [4.69, 9.17) is 5.73 Å². The van der Waals surface area contributed by atoms with Crippen molar-refractivity contribution in [1.82, 2.24) is 9.80 Å². The third-order valence-corrected chi connectivity index (χ3v) is 3.45. The van der Waals surface area contributed by atoms with Crippen LogP contribution in [-0.2, 0) is 0 Å². The van der Waals surface area contributed by atoms with Gasteiger partial charge in [0.05, 0.1) is 5.60 Å². The summed E-state index contributed by atoms with van der Waals surface area (Å²) in [6, 6.07) is 0.654. The first kappa shape index (κ1) is 10.4. The zero-order valence-corrected chi connectivity index (χ0v) is 8.95. The van der Waals surface area contributed by atoms with Crippen molar-refractivity contribution < 1.29 is 5.11 Å². The fraction of sp³-hybridized carbons (Fsp3) is 1.00. The molecule has 3 unspecified atom stereocenters. The molecule has 3 atom stereocenters. The molecule has 3 N–H and O–H groups in total. The van der Waals surface area contributed by atoms with Gasteiger partial charge in [0.15, 0.2) is 0 Å². The highest BCUT2D eigenvalue weighted by Gasteiger charge is 2.35. The lowest BCUT2D eigenvalue weighted by Crippen LogP contribution is -2.54. The average Bonchev–Trinajstić information content (AvgIpc) is 2.54. The standard InChI is InChI=1S/C10H21N3O/c1-10(14,7-11)8-13-5-4-12-3-2-9(13)6-12/h9,14H,2-8,11H2,1H3. The Hall–Kier alpha value is -0.160. The molecule has 0 aromatic rings. The quantitative estimate of drug-likeness (QED) is 0.617. The van der Waals surface area contributed by atoms with Crippen molar-refractivity contribution >= 4 is 0 Å². The van der Waals surface area contributed by atoms with Gasteiger partial charge in [0.25, 0.3) is 0 Å². The van der Waals surface area contributed by atoms with Gasteiger partial charge in [-0.1, -0.05) is 0 Å². The van der Waals surface area contributed by atoms with Gasteiger partial charge in [0, 0.05) is 38.8 Å². The number of nitrogens with two attached hydrogens (primary N) is 1. The summed E-state index contributed by atoms with van der Waals surface area (Å²) in [7, 11) is 0. The summed E-state index contributed by atoms with van der Waals surface area (Å²) in [5, 5.41) is 9.92. The zero-order chi connectivity index (χ0) is 10.2. The monoisotopic (exact) mass is 199 g/mol. The molecule has 2 aliphatic rings. The second-order valence-electron chi connectivity index (χ2n) is 4.91. The summed E-state index contributed by atoms with van der Waals surface area (Å²) in [5.74, 6) is 0. The Kier molecular flexibility index (Phi) is 2.79. The van der Waals surface area contributed by atoms with Gasteiger partial charge in [0.2, 0.25) is 0 Å². The fourth-order valence-corrected chi connectivity index (χ4v) is 2.48. The van der Waals surface area contributed by atoms with Crippen molar-refractivity contribution in [2.45, 2.75) is 25.0 Å². The van der Waals surface area contributed by atoms with Crippen molar-refractivity contribution in [2.24, 2.45) is 5.73 Å². The first-order chi connectivity index (χ1) is 6.61. The van der Waals surface area contributed by atoms with E-state index < -0.39 is 5.60 Å². The maximum absolute atomic E-state index is 9.92. The van der Waals surface area contributed by atoms with Crippen molar-refractivity contribution in [2.75, 3.05) is 39.3 Å². The van der Waals surface area contributed by atoms with Crippen LogP contribution in [0.2, 0.25) is 0 Å². The van der Waals surface area contributed by atoms with E-state index in [1.54, 1.807) is 0 Å². The predicted octanol–water partition coefficient (Wildman–Crippen LogP) is -0.914. The molecule has 82 valence electrons. The van der Waals surface area contributed by atoms with Crippen LogP contribution in [-0.4, -0.2) is 65.8 Å². The molecule has 0 aromatic heterocycles. The van der Waals surface area contributed by atoms with E-state index in [0.29, 0.717) is 12.6 Å². The second kappa shape index (κ2) is 3.77. The second-order valence-corrected chi connectivity index (χ2v) is 4.91. The van der Waals surface area contributed by atoms with Crippen LogP contribution in [0.3, 0.4) is 0 Å². The topological polar surface area (TPSA) is 52.7 Å². The minimum absolute atomic E-state index is 0.347. The van der Waals surface area contributed by atoms with Crippen LogP contribution in [0.1, 0.15) is 13.3 Å². The largest absolute Gasteiger partial charge is 0.388 e. The minimum atomic E-state index is -0.717. The molecule has 2 heterocycles. The Balaban J connectivity index is 1.92. The summed E-state index contributed by atoms with van der Waals surface area (Å²) in [4.78, 5) is 4.90. The molecule has 0 aromatic carbocycles. The van der Waals surface area contributed by atoms with Crippen LogP contribution in [0.5, 0.6) is 0 Å². The summed E-state index contributed by atoms with van der Waals surface area (Å²) in [6.45, 7) is 7.54. The number of β-amino-alcohol motifs (C(OH)–C–C–N with tert-alkyl or cyclic N) is 1. The van der Waals surface area contributed by atoms with Crippen molar-refractivity contribution in [3.05, 3.63) is 0 Å². The fourth-order valence-electron chi connectivity index (χ4n) is 2.48. The van der Waals surface area contributed by atoms with Crippen LogP contribution < -0.4 is 5.73 Å². The van der Waals surface area contributed by atoms with Crippen molar-refractivity contribution in [3.63, 3.8) is 0 Å². The minimum Gasteiger partial charge on any atom is -0.388 e. The molecule has 0 aliphatic carbocycles. The van der Waals surface area contributed by atoms with Crippen molar-refractivity contribution in [3.8, 4) is 0 Å². The molecule has 4 nitrogen and oxygen atoms in total. The van der Waals surface area contributed by atoms with E-state index >= 15 is 0 Å². The number of nitrogens with zero attached hydrogens (tertiary/aromatic N) is 2. The van der Waals surface area contributed by atoms with Gasteiger partial charge in [-0.15, -0.1) is 0 Å². The van der Waals surface area contributed by atoms with Gasteiger partial charge >= 0.3 is 0 Å². The Labute approximate surface area is 85.7 Å². The molecule has 0 radical (unpaired) electrons. The zero-order valence-electron chi connectivity index (χ0n) is 8.95. The third-order valence-electron chi connectivity index (χ3n) is 3.45. The molecule has 4 heteroatoms.